The molecule has 0 saturated carbocycles. The Labute approximate surface area is 88.1 Å². The van der Waals surface area contributed by atoms with Crippen molar-refractivity contribution in [2.45, 2.75) is 12.2 Å². The van der Waals surface area contributed by atoms with E-state index in [1.54, 1.807) is 0 Å². The first-order chi connectivity index (χ1) is 6.86. The highest BCUT2D eigenvalue weighted by Gasteiger charge is 2.20. The summed E-state index contributed by atoms with van der Waals surface area (Å²) in [5.74, 6) is 0.0896. The highest BCUT2D eigenvalue weighted by molar-refractivity contribution is 7.86. The van der Waals surface area contributed by atoms with Gasteiger partial charge >= 0.3 is 0 Å². The molecule has 1 aromatic rings. The van der Waals surface area contributed by atoms with Crippen molar-refractivity contribution in [1.29, 1.82) is 0 Å². The zero-order valence-electron chi connectivity index (χ0n) is 8.34. The molecule has 0 aromatic heterocycles. The summed E-state index contributed by atoms with van der Waals surface area (Å²) >= 11 is 0. The predicted octanol–water partition coefficient (Wildman–Crippen LogP) is 1.35. The molecule has 5 nitrogen and oxygen atoms in total. The maximum Gasteiger partial charge on any atom is 0.271 e. The van der Waals surface area contributed by atoms with Crippen molar-refractivity contribution >= 4 is 10.1 Å². The average molecular weight is 232 g/mol. The fraction of sp³-hybridized carbons (Fsp3) is 0.333. The summed E-state index contributed by atoms with van der Waals surface area (Å²) in [5.41, 5.74) is 0.354. The highest BCUT2D eigenvalue weighted by atomic mass is 32.2. The SMILES string of the molecule is COc1cc([C@H](C)S(=O)(=O)O)ccc1O. The van der Waals surface area contributed by atoms with Gasteiger partial charge in [-0.1, -0.05) is 6.07 Å². The van der Waals surface area contributed by atoms with E-state index < -0.39 is 15.4 Å². The number of phenolic OH excluding ortho intramolecular Hbond substituents is 1. The lowest BCUT2D eigenvalue weighted by molar-refractivity contribution is 0.373. The quantitative estimate of drug-likeness (QED) is 0.768. The number of benzene rings is 1. The molecule has 0 aliphatic heterocycles. The smallest absolute Gasteiger partial charge is 0.271 e. The second kappa shape index (κ2) is 4.08. The monoisotopic (exact) mass is 232 g/mol. The third kappa shape index (κ3) is 2.60. The van der Waals surface area contributed by atoms with E-state index in [1.807, 2.05) is 0 Å². The molecule has 0 fully saturated rings. The van der Waals surface area contributed by atoms with Crippen LogP contribution in [0.3, 0.4) is 0 Å². The number of methoxy groups -OCH3 is 1. The minimum absolute atomic E-state index is 0.0798. The molecule has 0 bridgehead atoms. The van der Waals surface area contributed by atoms with Crippen LogP contribution < -0.4 is 4.74 Å². The molecule has 0 saturated heterocycles. The molecular formula is C9H12O5S. The lowest BCUT2D eigenvalue weighted by Gasteiger charge is -2.10. The normalized spacial score (nSPS) is 13.5. The number of ether oxygens (including phenoxy) is 1. The molecular weight excluding hydrogens is 220 g/mol. The number of phenols is 1. The minimum atomic E-state index is -4.13. The van der Waals surface area contributed by atoms with Crippen LogP contribution >= 0.6 is 0 Å². The van der Waals surface area contributed by atoms with E-state index in [9.17, 15) is 13.5 Å². The van der Waals surface area contributed by atoms with Crippen molar-refractivity contribution in [2.75, 3.05) is 7.11 Å². The van der Waals surface area contributed by atoms with Crippen LogP contribution in [-0.4, -0.2) is 25.2 Å². The van der Waals surface area contributed by atoms with E-state index in [2.05, 4.69) is 0 Å². The van der Waals surface area contributed by atoms with Crippen molar-refractivity contribution in [3.05, 3.63) is 23.8 Å². The first-order valence-corrected chi connectivity index (χ1v) is 5.69. The molecule has 0 heterocycles. The van der Waals surface area contributed by atoms with Crippen molar-refractivity contribution in [3.8, 4) is 11.5 Å². The zero-order chi connectivity index (χ0) is 11.6. The van der Waals surface area contributed by atoms with Gasteiger partial charge in [-0.3, -0.25) is 4.55 Å². The first-order valence-electron chi connectivity index (χ1n) is 4.19. The maximum atomic E-state index is 10.9. The Balaban J connectivity index is 3.17. The molecule has 0 radical (unpaired) electrons. The molecule has 6 heteroatoms. The first kappa shape index (κ1) is 11.8. The van der Waals surface area contributed by atoms with E-state index in [1.165, 1.54) is 32.2 Å². The van der Waals surface area contributed by atoms with Crippen molar-refractivity contribution < 1.29 is 22.8 Å². The van der Waals surface area contributed by atoms with E-state index in [4.69, 9.17) is 9.29 Å². The Morgan fingerprint density at radius 3 is 2.47 bits per heavy atom. The van der Waals surface area contributed by atoms with Gasteiger partial charge < -0.3 is 9.84 Å². The Hall–Kier alpha value is -1.27. The number of hydrogen-bond acceptors (Lipinski definition) is 4. The Morgan fingerprint density at radius 1 is 1.40 bits per heavy atom. The summed E-state index contributed by atoms with van der Waals surface area (Å²) in [5, 5.41) is 8.23. The van der Waals surface area contributed by atoms with Crippen LogP contribution in [0.4, 0.5) is 0 Å². The second-order valence-electron chi connectivity index (χ2n) is 3.09. The molecule has 1 rings (SSSR count). The van der Waals surface area contributed by atoms with Crippen LogP contribution in [0.5, 0.6) is 11.5 Å². The summed E-state index contributed by atoms with van der Waals surface area (Å²) in [6.45, 7) is 1.35. The molecule has 0 spiro atoms. The van der Waals surface area contributed by atoms with Gasteiger partial charge in [-0.25, -0.2) is 0 Å². The van der Waals surface area contributed by atoms with Gasteiger partial charge in [-0.2, -0.15) is 8.42 Å². The molecule has 84 valence electrons. The molecule has 15 heavy (non-hydrogen) atoms. The van der Waals surface area contributed by atoms with Gasteiger partial charge in [0, 0.05) is 0 Å². The lowest BCUT2D eigenvalue weighted by atomic mass is 10.1. The van der Waals surface area contributed by atoms with Crippen LogP contribution in [0, 0.1) is 0 Å². The van der Waals surface area contributed by atoms with Crippen molar-refractivity contribution in [2.24, 2.45) is 0 Å². The van der Waals surface area contributed by atoms with E-state index in [0.29, 0.717) is 5.56 Å². The van der Waals surface area contributed by atoms with Gasteiger partial charge in [0.25, 0.3) is 10.1 Å². The third-order valence-corrected chi connectivity index (χ3v) is 3.29. The maximum absolute atomic E-state index is 10.9. The fourth-order valence-corrected chi connectivity index (χ4v) is 1.61. The van der Waals surface area contributed by atoms with Crippen LogP contribution in [0.2, 0.25) is 0 Å². The summed E-state index contributed by atoms with van der Waals surface area (Å²) < 4.78 is 35.4. The number of aromatic hydroxyl groups is 1. The van der Waals surface area contributed by atoms with Crippen LogP contribution in [0.25, 0.3) is 0 Å². The van der Waals surface area contributed by atoms with Gasteiger partial charge in [0.15, 0.2) is 11.5 Å². The van der Waals surface area contributed by atoms with E-state index in [0.717, 1.165) is 0 Å². The summed E-state index contributed by atoms with van der Waals surface area (Å²) in [6, 6.07) is 4.10. The number of hydrogen-bond donors (Lipinski definition) is 2. The molecule has 2 N–H and O–H groups in total. The topological polar surface area (TPSA) is 83.8 Å². The van der Waals surface area contributed by atoms with Crippen LogP contribution in [0.15, 0.2) is 18.2 Å². The van der Waals surface area contributed by atoms with Gasteiger partial charge in [-0.15, -0.1) is 0 Å². The predicted molar refractivity (Wildman–Crippen MR) is 54.6 cm³/mol. The fourth-order valence-electron chi connectivity index (χ4n) is 1.12. The molecule has 0 unspecified atom stereocenters. The van der Waals surface area contributed by atoms with Gasteiger partial charge in [0.05, 0.1) is 7.11 Å². The molecule has 0 amide bonds. The lowest BCUT2D eigenvalue weighted by Crippen LogP contribution is -2.08. The van der Waals surface area contributed by atoms with Gasteiger partial charge in [0.1, 0.15) is 5.25 Å². The van der Waals surface area contributed by atoms with E-state index in [-0.39, 0.29) is 11.5 Å². The van der Waals surface area contributed by atoms with Crippen LogP contribution in [0.1, 0.15) is 17.7 Å². The minimum Gasteiger partial charge on any atom is -0.504 e. The van der Waals surface area contributed by atoms with Crippen molar-refractivity contribution in [1.82, 2.24) is 0 Å². The summed E-state index contributed by atoms with van der Waals surface area (Å²) in [7, 11) is -2.77. The molecule has 1 atom stereocenters. The molecule has 1 aromatic carbocycles. The molecule has 0 aliphatic rings. The van der Waals surface area contributed by atoms with E-state index >= 15 is 0 Å². The summed E-state index contributed by atoms with van der Waals surface area (Å²) in [6.07, 6.45) is 0. The van der Waals surface area contributed by atoms with Crippen molar-refractivity contribution in [3.63, 3.8) is 0 Å². The average Bonchev–Trinajstić information content (AvgIpc) is 2.16. The summed E-state index contributed by atoms with van der Waals surface area (Å²) in [4.78, 5) is 0. The Bertz CT molecular complexity index is 452. The third-order valence-electron chi connectivity index (χ3n) is 2.12. The Kier molecular flexibility index (Phi) is 3.21. The zero-order valence-corrected chi connectivity index (χ0v) is 9.15. The van der Waals surface area contributed by atoms with Crippen LogP contribution in [-0.2, 0) is 10.1 Å². The highest BCUT2D eigenvalue weighted by Crippen LogP contribution is 2.31. The van der Waals surface area contributed by atoms with Gasteiger partial charge in [-0.05, 0) is 24.6 Å². The standard InChI is InChI=1S/C9H12O5S/c1-6(15(11,12)13)7-3-4-8(10)9(5-7)14-2/h3-6,10H,1-2H3,(H,11,12,13)/t6-/m0/s1. The number of rotatable bonds is 3. The largest absolute Gasteiger partial charge is 0.504 e. The molecule has 0 aliphatic carbocycles. The second-order valence-corrected chi connectivity index (χ2v) is 4.83. The Morgan fingerprint density at radius 2 is 2.00 bits per heavy atom. The van der Waals surface area contributed by atoms with Gasteiger partial charge in [0.2, 0.25) is 0 Å².